The Labute approximate surface area is 113 Å². The zero-order valence-corrected chi connectivity index (χ0v) is 11.5. The molecule has 3 nitrogen and oxygen atoms in total. The van der Waals surface area contributed by atoms with Crippen molar-refractivity contribution in [3.8, 4) is 16.9 Å². The van der Waals surface area contributed by atoms with E-state index in [0.717, 1.165) is 28.9 Å². The maximum atomic E-state index is 12.0. The molecule has 2 aliphatic carbocycles. The molecule has 0 aromatic rings. The lowest BCUT2D eigenvalue weighted by Crippen LogP contribution is -2.04. The van der Waals surface area contributed by atoms with Gasteiger partial charge in [0.05, 0.1) is 19.3 Å². The van der Waals surface area contributed by atoms with Gasteiger partial charge in [-0.25, -0.2) is 4.79 Å². The van der Waals surface area contributed by atoms with Crippen LogP contribution < -0.4 is 4.74 Å². The number of esters is 1. The predicted molar refractivity (Wildman–Crippen MR) is 75.0 cm³/mol. The van der Waals surface area contributed by atoms with Gasteiger partial charge < -0.3 is 9.47 Å². The highest BCUT2D eigenvalue weighted by Gasteiger charge is 2.22. The van der Waals surface area contributed by atoms with Crippen LogP contribution in [0.15, 0.2) is 30.3 Å². The van der Waals surface area contributed by atoms with Gasteiger partial charge in [-0.2, -0.15) is 0 Å². The second kappa shape index (κ2) is 5.74. The third-order valence-electron chi connectivity index (χ3n) is 3.16. The molecule has 2 rings (SSSR count). The van der Waals surface area contributed by atoms with Crippen LogP contribution in [-0.4, -0.2) is 19.7 Å². The summed E-state index contributed by atoms with van der Waals surface area (Å²) in [6, 6.07) is 9.57. The first kappa shape index (κ1) is 13.4. The topological polar surface area (TPSA) is 35.5 Å². The van der Waals surface area contributed by atoms with Crippen LogP contribution in [0.1, 0.15) is 29.8 Å². The molecule has 2 aliphatic rings. The molecule has 0 unspecified atom stereocenters. The highest BCUT2D eigenvalue weighted by Crippen LogP contribution is 2.39. The molecule has 0 bridgehead atoms. The van der Waals surface area contributed by atoms with Gasteiger partial charge in [0, 0.05) is 11.1 Å². The molecular weight excluding hydrogens is 240 g/mol. The summed E-state index contributed by atoms with van der Waals surface area (Å²) in [5.74, 6) is 0.507. The predicted octanol–water partition coefficient (Wildman–Crippen LogP) is 3.54. The molecule has 0 saturated carbocycles. The van der Waals surface area contributed by atoms with E-state index in [0.29, 0.717) is 12.2 Å². The summed E-state index contributed by atoms with van der Waals surface area (Å²) in [7, 11) is 1.64. The summed E-state index contributed by atoms with van der Waals surface area (Å²) in [4.78, 5) is 12.0. The fourth-order valence-electron chi connectivity index (χ4n) is 2.30. The minimum Gasteiger partial charge on any atom is -0.496 e. The Morgan fingerprint density at radius 1 is 1.21 bits per heavy atom. The quantitative estimate of drug-likeness (QED) is 0.787. The van der Waals surface area contributed by atoms with E-state index in [1.54, 1.807) is 7.11 Å². The third-order valence-corrected chi connectivity index (χ3v) is 3.16. The normalized spacial score (nSPS) is 10.5. The van der Waals surface area contributed by atoms with E-state index in [9.17, 15) is 4.79 Å². The van der Waals surface area contributed by atoms with Crippen molar-refractivity contribution in [2.45, 2.75) is 20.3 Å². The van der Waals surface area contributed by atoms with Gasteiger partial charge in [0.1, 0.15) is 5.75 Å². The Morgan fingerprint density at radius 2 is 1.95 bits per heavy atom. The largest absolute Gasteiger partial charge is 0.496 e. The third kappa shape index (κ3) is 2.41. The number of fused-ring (bicyclic) bond motifs is 1. The first-order chi connectivity index (χ1) is 9.22. The van der Waals surface area contributed by atoms with Crippen molar-refractivity contribution in [1.29, 1.82) is 0 Å². The van der Waals surface area contributed by atoms with E-state index in [4.69, 9.17) is 9.47 Å². The molecule has 0 radical (unpaired) electrons. The number of rotatable bonds is 4. The lowest BCUT2D eigenvalue weighted by molar-refractivity contribution is 0.0527. The Bertz CT molecular complexity index is 560. The van der Waals surface area contributed by atoms with Crippen LogP contribution in [0.2, 0.25) is 0 Å². The fraction of sp³-hybridized carbons (Fsp3) is 0.312. The average molecular weight is 258 g/mol. The number of carbonyl (C=O) groups excluding carboxylic acids is 1. The van der Waals surface area contributed by atoms with Crippen molar-refractivity contribution in [3.05, 3.63) is 41.5 Å². The SMILES string of the molecule is CCOC(=O)c1cc(CC)c2c(OC)ccccc1-2. The second-order valence-corrected chi connectivity index (χ2v) is 4.23. The van der Waals surface area contributed by atoms with E-state index < -0.39 is 0 Å². The monoisotopic (exact) mass is 258 g/mol. The fourth-order valence-corrected chi connectivity index (χ4v) is 2.30. The summed E-state index contributed by atoms with van der Waals surface area (Å²) in [5.41, 5.74) is 3.60. The van der Waals surface area contributed by atoms with Crippen molar-refractivity contribution in [2.24, 2.45) is 0 Å². The maximum Gasteiger partial charge on any atom is 0.338 e. The molecule has 0 atom stereocenters. The summed E-state index contributed by atoms with van der Waals surface area (Å²) in [6.07, 6.45) is 0.844. The van der Waals surface area contributed by atoms with E-state index in [1.165, 1.54) is 0 Å². The van der Waals surface area contributed by atoms with Gasteiger partial charge in [-0.15, -0.1) is 0 Å². The molecule has 0 saturated heterocycles. The van der Waals surface area contributed by atoms with E-state index >= 15 is 0 Å². The molecule has 0 fully saturated rings. The van der Waals surface area contributed by atoms with Gasteiger partial charge in [-0.05, 0) is 31.0 Å². The first-order valence-electron chi connectivity index (χ1n) is 6.48. The van der Waals surface area contributed by atoms with Gasteiger partial charge >= 0.3 is 5.97 Å². The van der Waals surface area contributed by atoms with Gasteiger partial charge in [0.2, 0.25) is 0 Å². The molecular formula is C16H18O3. The van der Waals surface area contributed by atoms with Crippen molar-refractivity contribution in [3.63, 3.8) is 0 Å². The van der Waals surface area contributed by atoms with E-state index in [-0.39, 0.29) is 5.97 Å². The highest BCUT2D eigenvalue weighted by atomic mass is 16.5. The number of aryl methyl sites for hydroxylation is 1. The van der Waals surface area contributed by atoms with Crippen LogP contribution in [0.5, 0.6) is 5.75 Å². The molecule has 0 aromatic carbocycles. The molecule has 3 heteroatoms. The summed E-state index contributed by atoms with van der Waals surface area (Å²) in [6.45, 7) is 4.25. The zero-order chi connectivity index (χ0) is 13.8. The number of carbonyl (C=O) groups is 1. The first-order valence-corrected chi connectivity index (χ1v) is 6.48. The maximum absolute atomic E-state index is 12.0. The highest BCUT2D eigenvalue weighted by molar-refractivity contribution is 6.01. The minimum atomic E-state index is -0.277. The zero-order valence-electron chi connectivity index (χ0n) is 11.5. The lowest BCUT2D eigenvalue weighted by Gasteiger charge is -2.06. The average Bonchev–Trinajstić information content (AvgIpc) is 2.65. The van der Waals surface area contributed by atoms with Crippen LogP contribution in [0.3, 0.4) is 0 Å². The van der Waals surface area contributed by atoms with Gasteiger partial charge in [0.25, 0.3) is 0 Å². The van der Waals surface area contributed by atoms with Crippen molar-refractivity contribution >= 4 is 5.97 Å². The van der Waals surface area contributed by atoms with Crippen LogP contribution in [0.4, 0.5) is 0 Å². The van der Waals surface area contributed by atoms with Crippen LogP contribution in [0.25, 0.3) is 11.1 Å². The number of hydrogen-bond acceptors (Lipinski definition) is 3. The molecule has 0 heterocycles. The Morgan fingerprint density at radius 3 is 2.58 bits per heavy atom. The number of methoxy groups -OCH3 is 1. The van der Waals surface area contributed by atoms with Gasteiger partial charge in [0.15, 0.2) is 0 Å². The molecule has 0 aromatic heterocycles. The molecule has 0 spiro atoms. The summed E-state index contributed by atoms with van der Waals surface area (Å²) >= 11 is 0. The smallest absolute Gasteiger partial charge is 0.338 e. The van der Waals surface area contributed by atoms with E-state index in [1.807, 2.05) is 37.3 Å². The Kier molecular flexibility index (Phi) is 4.05. The molecule has 0 amide bonds. The summed E-state index contributed by atoms with van der Waals surface area (Å²) in [5, 5.41) is 0. The Balaban J connectivity index is 2.65. The standard InChI is InChI=1S/C16H18O3/c1-4-11-10-13(16(17)19-5-2)12-8-6-7-9-14(18-3)15(11)12/h6-10H,4-5H2,1-3H3. The minimum absolute atomic E-state index is 0.277. The van der Waals surface area contributed by atoms with Crippen LogP contribution in [-0.2, 0) is 11.2 Å². The Hall–Kier alpha value is -2.03. The number of ether oxygens (including phenoxy) is 2. The molecule has 0 N–H and O–H groups in total. The van der Waals surface area contributed by atoms with Crippen molar-refractivity contribution in [2.75, 3.05) is 13.7 Å². The van der Waals surface area contributed by atoms with Crippen molar-refractivity contribution in [1.82, 2.24) is 0 Å². The van der Waals surface area contributed by atoms with Crippen LogP contribution in [0, 0.1) is 0 Å². The van der Waals surface area contributed by atoms with Gasteiger partial charge in [-0.1, -0.05) is 25.1 Å². The molecule has 19 heavy (non-hydrogen) atoms. The second-order valence-electron chi connectivity index (χ2n) is 4.23. The lowest BCUT2D eigenvalue weighted by atomic mass is 10.1. The number of hydrogen-bond donors (Lipinski definition) is 0. The molecule has 100 valence electrons. The van der Waals surface area contributed by atoms with Crippen molar-refractivity contribution < 1.29 is 14.3 Å². The summed E-state index contributed by atoms with van der Waals surface area (Å²) < 4.78 is 10.5. The molecule has 0 aliphatic heterocycles. The van der Waals surface area contributed by atoms with Gasteiger partial charge in [-0.3, -0.25) is 0 Å². The van der Waals surface area contributed by atoms with E-state index in [2.05, 4.69) is 6.92 Å². The van der Waals surface area contributed by atoms with Crippen LogP contribution >= 0.6 is 0 Å².